The van der Waals surface area contributed by atoms with Crippen molar-refractivity contribution in [2.45, 2.75) is 26.7 Å². The Morgan fingerprint density at radius 2 is 2.00 bits per heavy atom. The van der Waals surface area contributed by atoms with Crippen LogP contribution in [0.3, 0.4) is 0 Å². The lowest BCUT2D eigenvalue weighted by Gasteiger charge is -2.14. The molecule has 1 aromatic carbocycles. The number of nitrogens with zero attached hydrogens (tertiary/aromatic N) is 1. The molecule has 100 valence electrons. The highest BCUT2D eigenvalue weighted by Crippen LogP contribution is 2.36. The highest BCUT2D eigenvalue weighted by molar-refractivity contribution is 9.10. The minimum atomic E-state index is 0.459. The van der Waals surface area contributed by atoms with Crippen LogP contribution < -0.4 is 10.5 Å². The Kier molecular flexibility index (Phi) is 4.10. The lowest BCUT2D eigenvalue weighted by atomic mass is 10.0. The zero-order valence-corrected chi connectivity index (χ0v) is 12.9. The van der Waals surface area contributed by atoms with E-state index < -0.39 is 0 Å². The third-order valence-electron chi connectivity index (χ3n) is 2.97. The van der Waals surface area contributed by atoms with E-state index in [1.165, 1.54) is 5.56 Å². The number of halogens is 1. The Balaban J connectivity index is 2.40. The zero-order valence-electron chi connectivity index (χ0n) is 11.3. The van der Waals surface area contributed by atoms with Gasteiger partial charge in [0.05, 0.1) is 16.4 Å². The molecule has 0 unspecified atom stereocenters. The van der Waals surface area contributed by atoms with E-state index in [0.717, 1.165) is 15.8 Å². The summed E-state index contributed by atoms with van der Waals surface area (Å²) in [6, 6.07) is 6.25. The first-order valence-electron chi connectivity index (χ1n) is 6.16. The molecule has 0 amide bonds. The van der Waals surface area contributed by atoms with Crippen molar-refractivity contribution >= 4 is 21.6 Å². The Hall–Kier alpha value is -1.55. The number of aromatic nitrogens is 1. The van der Waals surface area contributed by atoms with Crippen molar-refractivity contribution < 1.29 is 4.74 Å². The predicted molar refractivity (Wildman–Crippen MR) is 81.7 cm³/mol. The van der Waals surface area contributed by atoms with Crippen molar-refractivity contribution in [3.8, 4) is 11.5 Å². The van der Waals surface area contributed by atoms with Crippen LogP contribution in [-0.4, -0.2) is 4.98 Å². The van der Waals surface area contributed by atoms with Crippen LogP contribution in [0.25, 0.3) is 0 Å². The van der Waals surface area contributed by atoms with E-state index in [-0.39, 0.29) is 0 Å². The van der Waals surface area contributed by atoms with Crippen LogP contribution in [0.4, 0.5) is 5.69 Å². The third-order valence-corrected chi connectivity index (χ3v) is 3.54. The van der Waals surface area contributed by atoms with Crippen molar-refractivity contribution in [3.05, 3.63) is 46.2 Å². The first-order chi connectivity index (χ1) is 8.99. The van der Waals surface area contributed by atoms with Gasteiger partial charge in [0, 0.05) is 6.20 Å². The van der Waals surface area contributed by atoms with E-state index >= 15 is 0 Å². The number of pyridine rings is 1. The molecule has 0 aliphatic heterocycles. The lowest BCUT2D eigenvalue weighted by Crippen LogP contribution is -1.97. The number of aryl methyl sites for hydroxylation is 1. The molecule has 0 aliphatic rings. The third kappa shape index (κ3) is 3.07. The van der Waals surface area contributed by atoms with Crippen LogP contribution in [0.15, 0.2) is 35.1 Å². The summed E-state index contributed by atoms with van der Waals surface area (Å²) < 4.78 is 6.70. The standard InChI is InChI=1S/C15H17BrN2O/c1-9(2)11-5-4-10(3)14(6-11)19-15-12(16)7-18-8-13(15)17/h4-9H,17H2,1-3H3. The molecule has 0 saturated heterocycles. The van der Waals surface area contributed by atoms with Gasteiger partial charge in [-0.05, 0) is 46.0 Å². The summed E-state index contributed by atoms with van der Waals surface area (Å²) in [6.45, 7) is 6.33. The smallest absolute Gasteiger partial charge is 0.167 e. The summed E-state index contributed by atoms with van der Waals surface area (Å²) in [7, 11) is 0. The molecule has 0 radical (unpaired) electrons. The van der Waals surface area contributed by atoms with Gasteiger partial charge >= 0.3 is 0 Å². The molecule has 0 spiro atoms. The van der Waals surface area contributed by atoms with Crippen molar-refractivity contribution in [2.75, 3.05) is 5.73 Å². The van der Waals surface area contributed by atoms with Gasteiger partial charge in [-0.15, -0.1) is 0 Å². The van der Waals surface area contributed by atoms with Crippen LogP contribution in [-0.2, 0) is 0 Å². The fourth-order valence-electron chi connectivity index (χ4n) is 1.74. The quantitative estimate of drug-likeness (QED) is 0.895. The normalized spacial score (nSPS) is 10.8. The summed E-state index contributed by atoms with van der Waals surface area (Å²) in [4.78, 5) is 4.00. The maximum Gasteiger partial charge on any atom is 0.167 e. The Bertz CT molecular complexity index is 576. The molecular formula is C15H17BrN2O. The number of ether oxygens (including phenoxy) is 1. The largest absolute Gasteiger partial charge is 0.454 e. The van der Waals surface area contributed by atoms with Gasteiger partial charge in [-0.1, -0.05) is 26.0 Å². The first-order valence-corrected chi connectivity index (χ1v) is 6.95. The molecule has 0 fully saturated rings. The molecule has 4 heteroatoms. The van der Waals surface area contributed by atoms with Gasteiger partial charge in [-0.3, -0.25) is 4.98 Å². The van der Waals surface area contributed by atoms with Crippen LogP contribution in [0.5, 0.6) is 11.5 Å². The molecule has 1 heterocycles. The van der Waals surface area contributed by atoms with Gasteiger partial charge in [-0.2, -0.15) is 0 Å². The molecule has 2 aromatic rings. The molecule has 0 aliphatic carbocycles. The van der Waals surface area contributed by atoms with Crippen LogP contribution >= 0.6 is 15.9 Å². The van der Waals surface area contributed by atoms with Crippen LogP contribution in [0, 0.1) is 6.92 Å². The lowest BCUT2D eigenvalue weighted by molar-refractivity contribution is 0.476. The second kappa shape index (κ2) is 5.61. The molecule has 1 aromatic heterocycles. The second-order valence-electron chi connectivity index (χ2n) is 4.82. The van der Waals surface area contributed by atoms with E-state index in [1.54, 1.807) is 12.4 Å². The Morgan fingerprint density at radius 1 is 1.26 bits per heavy atom. The Labute approximate surface area is 121 Å². The highest BCUT2D eigenvalue weighted by atomic mass is 79.9. The fourth-order valence-corrected chi connectivity index (χ4v) is 2.17. The van der Waals surface area contributed by atoms with E-state index in [1.807, 2.05) is 6.92 Å². The molecule has 0 saturated carbocycles. The number of rotatable bonds is 3. The minimum Gasteiger partial charge on any atom is -0.454 e. The van der Waals surface area contributed by atoms with Gasteiger partial charge in [0.25, 0.3) is 0 Å². The maximum atomic E-state index is 5.95. The summed E-state index contributed by atoms with van der Waals surface area (Å²) in [5.74, 6) is 1.89. The summed E-state index contributed by atoms with van der Waals surface area (Å²) >= 11 is 3.41. The van der Waals surface area contributed by atoms with Gasteiger partial charge in [0.15, 0.2) is 5.75 Å². The molecule has 2 N–H and O–H groups in total. The molecule has 19 heavy (non-hydrogen) atoms. The average molecular weight is 321 g/mol. The number of benzene rings is 1. The van der Waals surface area contributed by atoms with Gasteiger partial charge in [0.1, 0.15) is 5.75 Å². The maximum absolute atomic E-state index is 5.95. The van der Waals surface area contributed by atoms with Crippen molar-refractivity contribution in [3.63, 3.8) is 0 Å². The topological polar surface area (TPSA) is 48.1 Å². The van der Waals surface area contributed by atoms with E-state index in [9.17, 15) is 0 Å². The van der Waals surface area contributed by atoms with E-state index in [4.69, 9.17) is 10.5 Å². The number of anilines is 1. The monoisotopic (exact) mass is 320 g/mol. The van der Waals surface area contributed by atoms with Crippen molar-refractivity contribution in [1.29, 1.82) is 0 Å². The SMILES string of the molecule is Cc1ccc(C(C)C)cc1Oc1c(N)cncc1Br. The van der Waals surface area contributed by atoms with Gasteiger partial charge in [0.2, 0.25) is 0 Å². The fraction of sp³-hybridized carbons (Fsp3) is 0.267. The molecular weight excluding hydrogens is 304 g/mol. The molecule has 0 atom stereocenters. The number of nitrogen functional groups attached to an aromatic ring is 1. The van der Waals surface area contributed by atoms with Crippen molar-refractivity contribution in [2.24, 2.45) is 0 Å². The van der Waals surface area contributed by atoms with E-state index in [0.29, 0.717) is 17.4 Å². The summed E-state index contributed by atoms with van der Waals surface area (Å²) in [6.07, 6.45) is 3.26. The highest BCUT2D eigenvalue weighted by Gasteiger charge is 2.11. The van der Waals surface area contributed by atoms with Crippen LogP contribution in [0.2, 0.25) is 0 Å². The Morgan fingerprint density at radius 3 is 2.63 bits per heavy atom. The number of hydrogen-bond donors (Lipinski definition) is 1. The minimum absolute atomic E-state index is 0.459. The predicted octanol–water partition coefficient (Wildman–Crippen LogP) is 4.65. The summed E-state index contributed by atoms with van der Waals surface area (Å²) in [5, 5.41) is 0. The van der Waals surface area contributed by atoms with Crippen molar-refractivity contribution in [1.82, 2.24) is 4.98 Å². The first kappa shape index (κ1) is 13.9. The number of nitrogens with two attached hydrogens (primary N) is 1. The molecule has 3 nitrogen and oxygen atoms in total. The van der Waals surface area contributed by atoms with E-state index in [2.05, 4.69) is 53.0 Å². The average Bonchev–Trinajstić information content (AvgIpc) is 2.35. The van der Waals surface area contributed by atoms with Gasteiger partial charge < -0.3 is 10.5 Å². The van der Waals surface area contributed by atoms with Gasteiger partial charge in [-0.25, -0.2) is 0 Å². The molecule has 2 rings (SSSR count). The summed E-state index contributed by atoms with van der Waals surface area (Å²) in [5.41, 5.74) is 8.73. The molecule has 0 bridgehead atoms. The zero-order chi connectivity index (χ0) is 14.0. The number of hydrogen-bond acceptors (Lipinski definition) is 3. The van der Waals surface area contributed by atoms with Crippen LogP contribution in [0.1, 0.15) is 30.9 Å². The second-order valence-corrected chi connectivity index (χ2v) is 5.68.